The summed E-state index contributed by atoms with van der Waals surface area (Å²) < 4.78 is 29.0. The van der Waals surface area contributed by atoms with Crippen molar-refractivity contribution < 1.29 is 23.5 Å². The van der Waals surface area contributed by atoms with Gasteiger partial charge in [-0.15, -0.1) is 0 Å². The van der Waals surface area contributed by atoms with Gasteiger partial charge in [-0.3, -0.25) is 14.5 Å². The summed E-state index contributed by atoms with van der Waals surface area (Å²) in [6.07, 6.45) is 0. The largest absolute Gasteiger partial charge is 0.507 e. The van der Waals surface area contributed by atoms with Crippen molar-refractivity contribution in [3.8, 4) is 0 Å². The van der Waals surface area contributed by atoms with Crippen LogP contribution in [0.1, 0.15) is 17.2 Å². The number of halogens is 2. The Labute approximate surface area is 184 Å². The van der Waals surface area contributed by atoms with Gasteiger partial charge in [-0.25, -0.2) is 13.8 Å². The van der Waals surface area contributed by atoms with Crippen molar-refractivity contribution in [2.45, 2.75) is 6.04 Å². The Morgan fingerprint density at radius 3 is 2.44 bits per heavy atom. The van der Waals surface area contributed by atoms with E-state index in [1.54, 1.807) is 36.4 Å². The van der Waals surface area contributed by atoms with Crippen LogP contribution in [0.25, 0.3) is 16.0 Å². The maximum Gasteiger partial charge on any atom is 0.301 e. The van der Waals surface area contributed by atoms with E-state index in [0.29, 0.717) is 15.8 Å². The molecule has 3 aromatic carbocycles. The Kier molecular flexibility index (Phi) is 4.79. The van der Waals surface area contributed by atoms with Crippen molar-refractivity contribution in [3.05, 3.63) is 101 Å². The SMILES string of the molecule is O=C1C(=O)N(c2nc3ccc(F)cc3s2)C(c2ccccc2F)/C1=C(\O)c1ccccc1. The average Bonchev–Trinajstić information content (AvgIpc) is 3.32. The van der Waals surface area contributed by atoms with E-state index in [1.807, 2.05) is 0 Å². The van der Waals surface area contributed by atoms with Crippen molar-refractivity contribution in [2.24, 2.45) is 0 Å². The number of hydrogen-bond donors (Lipinski definition) is 1. The molecule has 32 heavy (non-hydrogen) atoms. The highest BCUT2D eigenvalue weighted by Gasteiger charge is 2.49. The van der Waals surface area contributed by atoms with Crippen molar-refractivity contribution in [1.29, 1.82) is 0 Å². The molecule has 1 aliphatic heterocycles. The molecule has 1 fully saturated rings. The second kappa shape index (κ2) is 7.65. The number of anilines is 1. The summed E-state index contributed by atoms with van der Waals surface area (Å²) in [6.45, 7) is 0. The Hall–Kier alpha value is -3.91. The number of amides is 1. The molecular weight excluding hydrogens is 434 g/mol. The van der Waals surface area contributed by atoms with E-state index in [2.05, 4.69) is 4.98 Å². The van der Waals surface area contributed by atoms with E-state index in [4.69, 9.17) is 0 Å². The number of ketones is 1. The predicted octanol–water partition coefficient (Wildman–Crippen LogP) is 5.20. The van der Waals surface area contributed by atoms with E-state index in [0.717, 1.165) is 16.2 Å². The summed E-state index contributed by atoms with van der Waals surface area (Å²) in [4.78, 5) is 31.6. The number of nitrogens with zero attached hydrogens (tertiary/aromatic N) is 2. The molecule has 1 saturated heterocycles. The molecule has 1 atom stereocenters. The average molecular weight is 448 g/mol. The molecule has 4 aromatic rings. The van der Waals surface area contributed by atoms with Crippen LogP contribution in [0.4, 0.5) is 13.9 Å². The first-order valence-corrected chi connectivity index (χ1v) is 10.4. The molecule has 1 aromatic heterocycles. The summed E-state index contributed by atoms with van der Waals surface area (Å²) in [5.41, 5.74) is 0.549. The fourth-order valence-corrected chi connectivity index (χ4v) is 4.78. The van der Waals surface area contributed by atoms with E-state index >= 15 is 0 Å². The fourth-order valence-electron chi connectivity index (χ4n) is 3.76. The molecule has 0 aliphatic carbocycles. The Morgan fingerprint density at radius 2 is 1.69 bits per heavy atom. The van der Waals surface area contributed by atoms with Crippen molar-refractivity contribution in [3.63, 3.8) is 0 Å². The Balaban J connectivity index is 1.76. The van der Waals surface area contributed by atoms with Crippen molar-refractivity contribution in [1.82, 2.24) is 4.98 Å². The van der Waals surface area contributed by atoms with Gasteiger partial charge in [0.25, 0.3) is 5.78 Å². The zero-order chi connectivity index (χ0) is 22.4. The summed E-state index contributed by atoms with van der Waals surface area (Å²) in [5.74, 6) is -3.42. The number of carbonyl (C=O) groups excluding carboxylic acids is 2. The molecule has 0 saturated carbocycles. The van der Waals surface area contributed by atoms with Gasteiger partial charge in [-0.1, -0.05) is 59.9 Å². The number of hydrogen-bond acceptors (Lipinski definition) is 5. The lowest BCUT2D eigenvalue weighted by Gasteiger charge is -2.23. The maximum atomic E-state index is 14.9. The van der Waals surface area contributed by atoms with Crippen LogP contribution >= 0.6 is 11.3 Å². The molecule has 5 nitrogen and oxygen atoms in total. The van der Waals surface area contributed by atoms with Crippen LogP contribution in [-0.2, 0) is 9.59 Å². The number of aromatic nitrogens is 1. The molecule has 1 amide bonds. The third-order valence-corrected chi connectivity index (χ3v) is 6.25. The highest BCUT2D eigenvalue weighted by molar-refractivity contribution is 7.22. The van der Waals surface area contributed by atoms with Gasteiger partial charge in [0.1, 0.15) is 23.4 Å². The third-order valence-electron chi connectivity index (χ3n) is 5.24. The quantitative estimate of drug-likeness (QED) is 0.266. The van der Waals surface area contributed by atoms with Crippen LogP contribution in [-0.4, -0.2) is 21.8 Å². The van der Waals surface area contributed by atoms with E-state index < -0.39 is 35.1 Å². The smallest absolute Gasteiger partial charge is 0.301 e. The van der Waals surface area contributed by atoms with Gasteiger partial charge in [0.05, 0.1) is 15.8 Å². The first-order valence-electron chi connectivity index (χ1n) is 9.62. The number of benzene rings is 3. The Bertz CT molecular complexity index is 1420. The summed E-state index contributed by atoms with van der Waals surface area (Å²) in [7, 11) is 0. The van der Waals surface area contributed by atoms with Gasteiger partial charge in [0.2, 0.25) is 0 Å². The predicted molar refractivity (Wildman–Crippen MR) is 117 cm³/mol. The standard InChI is InChI=1S/C24H14F2N2O3S/c25-14-10-11-17-18(12-14)32-24(27-17)28-20(15-8-4-5-9-16(15)26)19(22(30)23(28)31)21(29)13-6-2-1-3-7-13/h1-12,20,29H/b21-19+. The number of fused-ring (bicyclic) bond motifs is 1. The van der Waals surface area contributed by atoms with E-state index in [9.17, 15) is 23.5 Å². The molecular formula is C24H14F2N2O3S. The first kappa shape index (κ1) is 20.0. The van der Waals surface area contributed by atoms with Crippen molar-refractivity contribution in [2.75, 3.05) is 4.90 Å². The molecule has 158 valence electrons. The maximum absolute atomic E-state index is 14.9. The van der Waals surface area contributed by atoms with Gasteiger partial charge in [-0.05, 0) is 24.3 Å². The first-order chi connectivity index (χ1) is 15.5. The molecule has 0 radical (unpaired) electrons. The second-order valence-corrected chi connectivity index (χ2v) is 8.17. The highest BCUT2D eigenvalue weighted by atomic mass is 32.1. The van der Waals surface area contributed by atoms with Crippen LogP contribution in [0.2, 0.25) is 0 Å². The lowest BCUT2D eigenvalue weighted by molar-refractivity contribution is -0.132. The van der Waals surface area contributed by atoms with Crippen molar-refractivity contribution >= 4 is 44.1 Å². The summed E-state index contributed by atoms with van der Waals surface area (Å²) in [5, 5.41) is 11.1. The third kappa shape index (κ3) is 3.16. The molecule has 0 spiro atoms. The lowest BCUT2D eigenvalue weighted by Crippen LogP contribution is -2.29. The molecule has 5 rings (SSSR count). The minimum atomic E-state index is -1.23. The molecule has 8 heteroatoms. The minimum Gasteiger partial charge on any atom is -0.507 e. The summed E-state index contributed by atoms with van der Waals surface area (Å²) >= 11 is 1.00. The van der Waals surface area contributed by atoms with E-state index in [-0.39, 0.29) is 16.3 Å². The van der Waals surface area contributed by atoms with Crippen LogP contribution in [0.15, 0.2) is 78.4 Å². The van der Waals surface area contributed by atoms with Gasteiger partial charge in [0.15, 0.2) is 5.13 Å². The van der Waals surface area contributed by atoms with E-state index in [1.165, 1.54) is 36.4 Å². The molecule has 1 unspecified atom stereocenters. The summed E-state index contributed by atoms with van der Waals surface area (Å²) in [6, 6.07) is 16.7. The highest BCUT2D eigenvalue weighted by Crippen LogP contribution is 2.44. The molecule has 2 heterocycles. The number of thiazole rings is 1. The van der Waals surface area contributed by atoms with Crippen LogP contribution in [0.5, 0.6) is 0 Å². The van der Waals surface area contributed by atoms with Gasteiger partial charge >= 0.3 is 5.91 Å². The monoisotopic (exact) mass is 448 g/mol. The number of aliphatic hydroxyl groups is 1. The molecule has 1 N–H and O–H groups in total. The van der Waals surface area contributed by atoms with Gasteiger partial charge in [-0.2, -0.15) is 0 Å². The molecule has 0 bridgehead atoms. The van der Waals surface area contributed by atoms with Crippen LogP contribution in [0, 0.1) is 11.6 Å². The van der Waals surface area contributed by atoms with Gasteiger partial charge in [0, 0.05) is 11.1 Å². The minimum absolute atomic E-state index is 0.0367. The zero-order valence-electron chi connectivity index (χ0n) is 16.3. The topological polar surface area (TPSA) is 70.5 Å². The second-order valence-electron chi connectivity index (χ2n) is 7.17. The zero-order valence-corrected chi connectivity index (χ0v) is 17.1. The fraction of sp³-hybridized carbons (Fsp3) is 0.0417. The number of rotatable bonds is 3. The normalized spacial score (nSPS) is 17.9. The van der Waals surface area contributed by atoms with Crippen LogP contribution < -0.4 is 4.90 Å². The lowest BCUT2D eigenvalue weighted by atomic mass is 9.95. The number of Topliss-reactive ketones (excluding diaryl/α,β-unsaturated/α-hetero) is 1. The Morgan fingerprint density at radius 1 is 0.969 bits per heavy atom. The van der Waals surface area contributed by atoms with Crippen LogP contribution in [0.3, 0.4) is 0 Å². The molecule has 1 aliphatic rings. The van der Waals surface area contributed by atoms with Gasteiger partial charge < -0.3 is 5.11 Å². The number of carbonyl (C=O) groups is 2. The number of aliphatic hydroxyl groups excluding tert-OH is 1.